The molecule has 3 N–H and O–H groups in total. The third-order valence-corrected chi connectivity index (χ3v) is 9.28. The van der Waals surface area contributed by atoms with Gasteiger partial charge in [0.1, 0.15) is 15.8 Å². The van der Waals surface area contributed by atoms with Crippen molar-refractivity contribution < 1.29 is 22.7 Å². The molecule has 1 aliphatic carbocycles. The van der Waals surface area contributed by atoms with Crippen molar-refractivity contribution in [1.29, 1.82) is 0 Å². The van der Waals surface area contributed by atoms with Gasteiger partial charge >= 0.3 is 0 Å². The Bertz CT molecular complexity index is 1260. The van der Waals surface area contributed by atoms with Crippen molar-refractivity contribution in [3.8, 4) is 5.75 Å². The van der Waals surface area contributed by atoms with Crippen LogP contribution in [0.2, 0.25) is 5.15 Å². The minimum absolute atomic E-state index is 0.0276. The van der Waals surface area contributed by atoms with Gasteiger partial charge in [-0.25, -0.2) is 8.42 Å². The van der Waals surface area contributed by atoms with Crippen LogP contribution in [0.5, 0.6) is 5.75 Å². The maximum atomic E-state index is 13.8. The number of aryl methyl sites for hydroxylation is 2. The van der Waals surface area contributed by atoms with Gasteiger partial charge in [-0.05, 0) is 50.8 Å². The first-order valence-electron chi connectivity index (χ1n) is 11.8. The summed E-state index contributed by atoms with van der Waals surface area (Å²) in [7, 11) is -1.24. The van der Waals surface area contributed by atoms with Gasteiger partial charge in [0.15, 0.2) is 6.17 Å². The number of rotatable bonds is 6. The molecule has 196 valence electrons. The second-order valence-electron chi connectivity index (χ2n) is 9.17. The number of carbonyl (C=O) groups is 2. The van der Waals surface area contributed by atoms with Crippen molar-refractivity contribution in [3.05, 3.63) is 40.7 Å². The van der Waals surface area contributed by atoms with Crippen molar-refractivity contribution >= 4 is 33.4 Å². The number of benzene rings is 1. The topological polar surface area (TPSA) is 140 Å². The van der Waals surface area contributed by atoms with Crippen molar-refractivity contribution in [1.82, 2.24) is 24.3 Å². The van der Waals surface area contributed by atoms with E-state index in [-0.39, 0.29) is 46.5 Å². The number of hydrogen-bond acceptors (Lipinski definition) is 7. The van der Waals surface area contributed by atoms with Crippen LogP contribution in [0.4, 0.5) is 0 Å². The van der Waals surface area contributed by atoms with Crippen LogP contribution in [0.1, 0.15) is 41.7 Å². The van der Waals surface area contributed by atoms with Gasteiger partial charge in [-0.1, -0.05) is 17.7 Å². The van der Waals surface area contributed by atoms with E-state index < -0.39 is 28.0 Å². The summed E-state index contributed by atoms with van der Waals surface area (Å²) < 4.78 is 35.1. The highest BCUT2D eigenvalue weighted by atomic mass is 35.5. The predicted molar refractivity (Wildman–Crippen MR) is 133 cm³/mol. The molecule has 2 amide bonds. The van der Waals surface area contributed by atoms with E-state index in [1.54, 1.807) is 24.3 Å². The van der Waals surface area contributed by atoms with Gasteiger partial charge in [0.2, 0.25) is 10.0 Å². The molecule has 11 nitrogen and oxygen atoms in total. The number of aromatic nitrogens is 2. The number of amides is 2. The summed E-state index contributed by atoms with van der Waals surface area (Å²) in [6.45, 7) is 1.49. The summed E-state index contributed by atoms with van der Waals surface area (Å²) in [6, 6.07) is 6.45. The SMILES string of the molecule is COc1cccc(C(=O)N2CCN(S(=O)(=O)c3c(C)nn(C)c3Cl)C2C(=O)NC2CCC(N)CC2)c1. The molecule has 0 radical (unpaired) electrons. The first-order valence-corrected chi connectivity index (χ1v) is 13.6. The Labute approximate surface area is 215 Å². The van der Waals surface area contributed by atoms with Crippen LogP contribution >= 0.6 is 11.6 Å². The Morgan fingerprint density at radius 2 is 1.89 bits per heavy atom. The fourth-order valence-electron chi connectivity index (χ4n) is 4.82. The van der Waals surface area contributed by atoms with Crippen LogP contribution in [0.3, 0.4) is 0 Å². The number of nitrogens with zero attached hydrogens (tertiary/aromatic N) is 4. The number of nitrogens with one attached hydrogen (secondary N) is 1. The number of hydrogen-bond donors (Lipinski definition) is 2. The van der Waals surface area contributed by atoms with Crippen molar-refractivity contribution in [2.45, 2.75) is 55.8 Å². The van der Waals surface area contributed by atoms with E-state index in [4.69, 9.17) is 22.1 Å². The average Bonchev–Trinajstić information content (AvgIpc) is 3.41. The maximum absolute atomic E-state index is 13.8. The van der Waals surface area contributed by atoms with Crippen molar-refractivity contribution in [2.75, 3.05) is 20.2 Å². The van der Waals surface area contributed by atoms with Crippen molar-refractivity contribution in [2.24, 2.45) is 12.8 Å². The van der Waals surface area contributed by atoms with E-state index in [0.717, 1.165) is 17.1 Å². The minimum Gasteiger partial charge on any atom is -0.497 e. The van der Waals surface area contributed by atoms with E-state index >= 15 is 0 Å². The number of nitrogens with two attached hydrogens (primary N) is 1. The molecule has 0 bridgehead atoms. The monoisotopic (exact) mass is 538 g/mol. The number of sulfonamides is 1. The summed E-state index contributed by atoms with van der Waals surface area (Å²) in [6.07, 6.45) is 1.50. The van der Waals surface area contributed by atoms with E-state index in [1.165, 1.54) is 30.7 Å². The first kappa shape index (κ1) is 26.4. The highest BCUT2D eigenvalue weighted by molar-refractivity contribution is 7.89. The van der Waals surface area contributed by atoms with Crippen LogP contribution in [0.25, 0.3) is 0 Å². The minimum atomic E-state index is -4.27. The normalized spacial score (nSPS) is 23.0. The van der Waals surface area contributed by atoms with Crippen LogP contribution < -0.4 is 15.8 Å². The van der Waals surface area contributed by atoms with Gasteiger partial charge in [0, 0.05) is 37.8 Å². The quantitative estimate of drug-likeness (QED) is 0.564. The Balaban J connectivity index is 1.70. The van der Waals surface area contributed by atoms with E-state index in [0.29, 0.717) is 18.6 Å². The van der Waals surface area contributed by atoms with E-state index in [9.17, 15) is 18.0 Å². The molecule has 2 aromatic rings. The lowest BCUT2D eigenvalue weighted by molar-refractivity contribution is -0.128. The Hall–Kier alpha value is -2.67. The molecule has 2 heterocycles. The largest absolute Gasteiger partial charge is 0.497 e. The highest BCUT2D eigenvalue weighted by Crippen LogP contribution is 2.32. The summed E-state index contributed by atoms with van der Waals surface area (Å²) in [5.41, 5.74) is 6.48. The zero-order valence-electron chi connectivity index (χ0n) is 20.5. The molecule has 1 saturated heterocycles. The number of halogens is 1. The molecule has 13 heteroatoms. The summed E-state index contributed by atoms with van der Waals surface area (Å²) in [5.74, 6) is -0.571. The van der Waals surface area contributed by atoms with Crippen molar-refractivity contribution in [3.63, 3.8) is 0 Å². The average molecular weight is 539 g/mol. The third kappa shape index (κ3) is 4.95. The molecular weight excluding hydrogens is 508 g/mol. The smallest absolute Gasteiger partial charge is 0.259 e. The van der Waals surface area contributed by atoms with Crippen LogP contribution in [0.15, 0.2) is 29.2 Å². The Morgan fingerprint density at radius 3 is 2.50 bits per heavy atom. The molecular formula is C23H31ClN6O5S. The zero-order chi connectivity index (χ0) is 26.2. The van der Waals surface area contributed by atoms with Crippen LogP contribution in [-0.4, -0.2) is 77.7 Å². The van der Waals surface area contributed by atoms with Gasteiger partial charge in [-0.2, -0.15) is 9.40 Å². The summed E-state index contributed by atoms with van der Waals surface area (Å²) in [4.78, 5) is 28.2. The second-order valence-corrected chi connectivity index (χ2v) is 11.4. The zero-order valence-corrected chi connectivity index (χ0v) is 22.1. The maximum Gasteiger partial charge on any atom is 0.259 e. The number of carbonyl (C=O) groups excluding carboxylic acids is 2. The second kappa shape index (κ2) is 10.4. The molecule has 1 atom stereocenters. The summed E-state index contributed by atoms with van der Waals surface area (Å²) >= 11 is 6.29. The summed E-state index contributed by atoms with van der Waals surface area (Å²) in [5, 5.41) is 7.00. The molecule has 1 aromatic heterocycles. The van der Waals surface area contributed by atoms with Crippen LogP contribution in [0, 0.1) is 6.92 Å². The van der Waals surface area contributed by atoms with Gasteiger partial charge < -0.3 is 20.7 Å². The molecule has 4 rings (SSSR count). The highest BCUT2D eigenvalue weighted by Gasteiger charge is 2.48. The predicted octanol–water partition coefficient (Wildman–Crippen LogP) is 1.25. The first-order chi connectivity index (χ1) is 17.0. The van der Waals surface area contributed by atoms with E-state index in [2.05, 4.69) is 10.4 Å². The lowest BCUT2D eigenvalue weighted by atomic mass is 9.92. The molecule has 36 heavy (non-hydrogen) atoms. The molecule has 1 aliphatic heterocycles. The number of methoxy groups -OCH3 is 1. The molecule has 2 aliphatic rings. The van der Waals surface area contributed by atoms with Gasteiger partial charge in [-0.3, -0.25) is 14.3 Å². The van der Waals surface area contributed by atoms with Gasteiger partial charge in [0.25, 0.3) is 11.8 Å². The lowest BCUT2D eigenvalue weighted by Crippen LogP contribution is -2.56. The van der Waals surface area contributed by atoms with Gasteiger partial charge in [0.05, 0.1) is 12.8 Å². The molecule has 1 saturated carbocycles. The molecule has 0 spiro atoms. The number of ether oxygens (including phenoxy) is 1. The Morgan fingerprint density at radius 1 is 1.19 bits per heavy atom. The molecule has 2 fully saturated rings. The fourth-order valence-corrected chi connectivity index (χ4v) is 7.08. The molecule has 1 aromatic carbocycles. The third-order valence-electron chi connectivity index (χ3n) is 6.73. The van der Waals surface area contributed by atoms with Gasteiger partial charge in [-0.15, -0.1) is 0 Å². The standard InChI is InChI=1S/C23H31ClN6O5S/c1-14-19(20(24)28(2)27-14)36(33,34)30-12-11-29(23(32)15-5-4-6-18(13-15)35-3)22(30)21(31)26-17-9-7-16(25)8-10-17/h4-6,13,16-17,22H,7-12,25H2,1-3H3,(H,26,31). The van der Waals surface area contributed by atoms with E-state index in [1.807, 2.05) is 0 Å². The Kier molecular flexibility index (Phi) is 7.60. The lowest BCUT2D eigenvalue weighted by Gasteiger charge is -2.32. The molecule has 1 unspecified atom stereocenters. The fraction of sp³-hybridized carbons (Fsp3) is 0.522. The van der Waals surface area contributed by atoms with Crippen LogP contribution in [-0.2, 0) is 21.9 Å².